The molecule has 0 spiro atoms. The van der Waals surface area contributed by atoms with Gasteiger partial charge < -0.3 is 0 Å². The number of rotatable bonds is 1. The fraction of sp³-hybridized carbons (Fsp3) is 0.500. The third kappa shape index (κ3) is 1.69. The van der Waals surface area contributed by atoms with E-state index < -0.39 is 10.0 Å². The molecule has 1 nitrogen and oxygen atoms in total. The van der Waals surface area contributed by atoms with Crippen molar-refractivity contribution in [3.63, 3.8) is 0 Å². The van der Waals surface area contributed by atoms with E-state index in [0.29, 0.717) is 0 Å². The lowest BCUT2D eigenvalue weighted by atomic mass is 11.0. The van der Waals surface area contributed by atoms with Gasteiger partial charge in [-0.15, -0.1) is 11.3 Å². The van der Waals surface area contributed by atoms with Crippen molar-refractivity contribution >= 4 is 21.4 Å². The summed E-state index contributed by atoms with van der Waals surface area (Å²) in [5.74, 6) is 0. The maximum absolute atomic E-state index is 4.24. The third-order valence-electron chi connectivity index (χ3n) is 0.934. The van der Waals surface area contributed by atoms with Gasteiger partial charge >= 0.3 is 0 Å². The molecule has 0 saturated heterocycles. The lowest BCUT2D eigenvalue weighted by Gasteiger charge is -2.20. The van der Waals surface area contributed by atoms with Gasteiger partial charge in [-0.2, -0.15) is 10.0 Å². The molecule has 0 N–H and O–H groups in total. The van der Waals surface area contributed by atoms with Crippen molar-refractivity contribution in [2.24, 2.45) is 0 Å². The molecule has 1 heterocycles. The molecule has 0 aliphatic heterocycles. The Morgan fingerprint density at radius 2 is 2.11 bits per heavy atom. The highest BCUT2D eigenvalue weighted by atomic mass is 32.3. The summed E-state index contributed by atoms with van der Waals surface area (Å²) >= 11 is 1.76. The first-order valence-electron chi connectivity index (χ1n) is 2.68. The Kier molecular flexibility index (Phi) is 1.82. The molecule has 0 fully saturated rings. The minimum atomic E-state index is -0.552. The van der Waals surface area contributed by atoms with Crippen LogP contribution >= 0.6 is 21.4 Å². The maximum Gasteiger partial charge on any atom is 0.131 e. The molecule has 0 amide bonds. The SMILES string of the molecule is CS(C)(C)c1nccs1. The van der Waals surface area contributed by atoms with E-state index in [-0.39, 0.29) is 0 Å². The van der Waals surface area contributed by atoms with Crippen LogP contribution in [0, 0.1) is 0 Å². The van der Waals surface area contributed by atoms with Crippen molar-refractivity contribution in [3.8, 4) is 0 Å². The Bertz CT molecular complexity index is 173. The van der Waals surface area contributed by atoms with Gasteiger partial charge in [0.15, 0.2) is 0 Å². The van der Waals surface area contributed by atoms with Crippen molar-refractivity contribution in [1.29, 1.82) is 0 Å². The van der Waals surface area contributed by atoms with Crippen LogP contribution in [0.2, 0.25) is 0 Å². The average molecular weight is 161 g/mol. The van der Waals surface area contributed by atoms with E-state index in [2.05, 4.69) is 23.8 Å². The first-order valence-corrected chi connectivity index (χ1v) is 6.42. The molecular weight excluding hydrogens is 150 g/mol. The van der Waals surface area contributed by atoms with Crippen molar-refractivity contribution in [2.75, 3.05) is 18.8 Å². The van der Waals surface area contributed by atoms with E-state index in [4.69, 9.17) is 0 Å². The standard InChI is InChI=1S/C6H11NS2/c1-9(2,3)6-7-4-5-8-6/h4-5H,1-3H3. The van der Waals surface area contributed by atoms with Gasteiger partial charge in [-0.1, -0.05) is 0 Å². The molecular formula is C6H11NS2. The number of nitrogens with zero attached hydrogens (tertiary/aromatic N) is 1. The molecule has 0 bridgehead atoms. The van der Waals surface area contributed by atoms with Crippen LogP contribution < -0.4 is 0 Å². The molecule has 0 unspecified atom stereocenters. The van der Waals surface area contributed by atoms with Crippen molar-refractivity contribution in [2.45, 2.75) is 4.34 Å². The zero-order valence-corrected chi connectivity index (χ0v) is 7.55. The van der Waals surface area contributed by atoms with Crippen LogP contribution in [0.25, 0.3) is 0 Å². The molecule has 0 aromatic carbocycles. The Morgan fingerprint density at radius 1 is 1.44 bits per heavy atom. The summed E-state index contributed by atoms with van der Waals surface area (Å²) in [6, 6.07) is 0. The highest BCUT2D eigenvalue weighted by molar-refractivity contribution is 8.33. The van der Waals surface area contributed by atoms with E-state index in [1.54, 1.807) is 11.3 Å². The van der Waals surface area contributed by atoms with Crippen LogP contribution in [0.1, 0.15) is 0 Å². The summed E-state index contributed by atoms with van der Waals surface area (Å²) in [7, 11) is -0.552. The monoisotopic (exact) mass is 161 g/mol. The normalized spacial score (nSPS) is 13.7. The molecule has 9 heavy (non-hydrogen) atoms. The van der Waals surface area contributed by atoms with E-state index >= 15 is 0 Å². The average Bonchev–Trinajstić information content (AvgIpc) is 2.08. The zero-order valence-electron chi connectivity index (χ0n) is 5.92. The van der Waals surface area contributed by atoms with E-state index in [1.807, 2.05) is 11.6 Å². The minimum Gasteiger partial charge on any atom is -0.240 e. The molecule has 0 saturated carbocycles. The summed E-state index contributed by atoms with van der Waals surface area (Å²) in [5.41, 5.74) is 0. The van der Waals surface area contributed by atoms with Gasteiger partial charge in [-0.05, 0) is 18.8 Å². The highest BCUT2D eigenvalue weighted by Crippen LogP contribution is 2.45. The van der Waals surface area contributed by atoms with Gasteiger partial charge in [0.25, 0.3) is 0 Å². The Labute approximate surface area is 61.4 Å². The number of aromatic nitrogens is 1. The van der Waals surface area contributed by atoms with Crippen LogP contribution in [0.3, 0.4) is 0 Å². The van der Waals surface area contributed by atoms with E-state index in [0.717, 1.165) is 0 Å². The second-order valence-corrected chi connectivity index (χ2v) is 7.85. The highest BCUT2D eigenvalue weighted by Gasteiger charge is 2.08. The van der Waals surface area contributed by atoms with Crippen molar-refractivity contribution in [1.82, 2.24) is 4.98 Å². The first-order chi connectivity index (χ1) is 4.11. The second-order valence-electron chi connectivity index (χ2n) is 2.64. The quantitative estimate of drug-likeness (QED) is 0.615. The molecule has 0 atom stereocenters. The molecule has 0 radical (unpaired) electrons. The zero-order chi connectivity index (χ0) is 6.91. The summed E-state index contributed by atoms with van der Waals surface area (Å²) in [4.78, 5) is 4.24. The van der Waals surface area contributed by atoms with Crippen LogP contribution in [0.15, 0.2) is 15.9 Å². The number of hydrogen-bond acceptors (Lipinski definition) is 2. The maximum atomic E-state index is 4.24. The smallest absolute Gasteiger partial charge is 0.131 e. The van der Waals surface area contributed by atoms with Crippen LogP contribution in [-0.2, 0) is 0 Å². The van der Waals surface area contributed by atoms with Gasteiger partial charge in [-0.25, -0.2) is 4.98 Å². The van der Waals surface area contributed by atoms with Gasteiger partial charge in [0, 0.05) is 11.6 Å². The molecule has 0 aliphatic carbocycles. The summed E-state index contributed by atoms with van der Waals surface area (Å²) in [5, 5.41) is 2.04. The first kappa shape index (κ1) is 7.09. The van der Waals surface area contributed by atoms with Crippen LogP contribution in [0.4, 0.5) is 0 Å². The summed E-state index contributed by atoms with van der Waals surface area (Å²) in [6.45, 7) is 0. The lowest BCUT2D eigenvalue weighted by molar-refractivity contribution is 1.24. The topological polar surface area (TPSA) is 12.9 Å². The van der Waals surface area contributed by atoms with Gasteiger partial charge in [0.1, 0.15) is 4.34 Å². The van der Waals surface area contributed by atoms with Gasteiger partial charge in [-0.3, -0.25) is 0 Å². The predicted molar refractivity (Wildman–Crippen MR) is 45.7 cm³/mol. The van der Waals surface area contributed by atoms with Crippen LogP contribution in [-0.4, -0.2) is 23.8 Å². The Balaban J connectivity index is 2.90. The third-order valence-corrected chi connectivity index (χ3v) is 4.44. The fourth-order valence-corrected chi connectivity index (χ4v) is 2.57. The van der Waals surface area contributed by atoms with Crippen molar-refractivity contribution < 1.29 is 0 Å². The second kappa shape index (κ2) is 2.31. The van der Waals surface area contributed by atoms with Crippen molar-refractivity contribution in [3.05, 3.63) is 11.6 Å². The number of thiazole rings is 1. The van der Waals surface area contributed by atoms with Gasteiger partial charge in [0.2, 0.25) is 0 Å². The summed E-state index contributed by atoms with van der Waals surface area (Å²) in [6.07, 6.45) is 8.64. The number of hydrogen-bond donors (Lipinski definition) is 0. The molecule has 3 heteroatoms. The Morgan fingerprint density at radius 3 is 2.33 bits per heavy atom. The lowest BCUT2D eigenvalue weighted by Crippen LogP contribution is -1.90. The molecule has 1 rings (SSSR count). The molecule has 1 aromatic rings. The minimum absolute atomic E-state index is 0.552. The summed E-state index contributed by atoms with van der Waals surface area (Å²) < 4.78 is 1.29. The molecule has 52 valence electrons. The van der Waals surface area contributed by atoms with Gasteiger partial charge in [0.05, 0.1) is 0 Å². The fourth-order valence-electron chi connectivity index (χ4n) is 0.513. The Hall–Kier alpha value is -0.0200. The van der Waals surface area contributed by atoms with E-state index in [9.17, 15) is 0 Å². The largest absolute Gasteiger partial charge is 0.240 e. The molecule has 1 aromatic heterocycles. The predicted octanol–water partition coefficient (Wildman–Crippen LogP) is 2.20. The van der Waals surface area contributed by atoms with Crippen LogP contribution in [0.5, 0.6) is 0 Å². The molecule has 0 aliphatic rings. The van der Waals surface area contributed by atoms with E-state index in [1.165, 1.54) is 4.34 Å².